The fourth-order valence-electron chi connectivity index (χ4n) is 2.51. The third-order valence-corrected chi connectivity index (χ3v) is 4.84. The predicted molar refractivity (Wildman–Crippen MR) is 103 cm³/mol. The highest BCUT2D eigenvalue weighted by molar-refractivity contribution is 5.94. The van der Waals surface area contributed by atoms with E-state index in [0.717, 1.165) is 0 Å². The molecule has 0 saturated carbocycles. The van der Waals surface area contributed by atoms with E-state index in [1.54, 1.807) is 13.8 Å². The fraction of sp³-hybridized carbons (Fsp3) is 0.778. The lowest BCUT2D eigenvalue weighted by molar-refractivity contribution is -0.145. The fourth-order valence-corrected chi connectivity index (χ4v) is 2.51. The van der Waals surface area contributed by atoms with Gasteiger partial charge < -0.3 is 31.9 Å². The highest BCUT2D eigenvalue weighted by Gasteiger charge is 2.34. The molecule has 6 unspecified atom stereocenters. The van der Waals surface area contributed by atoms with Crippen LogP contribution in [0.4, 0.5) is 0 Å². The van der Waals surface area contributed by atoms with Gasteiger partial charge in [-0.3, -0.25) is 14.4 Å². The number of aliphatic hydroxyl groups excluding tert-OH is 1. The topological polar surface area (TPSA) is 171 Å². The van der Waals surface area contributed by atoms with E-state index in [9.17, 15) is 24.3 Å². The Morgan fingerprint density at radius 2 is 1.21 bits per heavy atom. The molecule has 28 heavy (non-hydrogen) atoms. The summed E-state index contributed by atoms with van der Waals surface area (Å²) >= 11 is 0. The van der Waals surface area contributed by atoms with Gasteiger partial charge in [0, 0.05) is 0 Å². The number of hydrogen-bond acceptors (Lipinski definition) is 6. The molecule has 6 atom stereocenters. The van der Waals surface area contributed by atoms with E-state index >= 15 is 0 Å². The second-order valence-corrected chi connectivity index (χ2v) is 7.07. The highest BCUT2D eigenvalue weighted by Crippen LogP contribution is 2.12. The molecule has 0 fully saturated rings. The van der Waals surface area contributed by atoms with Gasteiger partial charge in [-0.1, -0.05) is 40.5 Å². The average Bonchev–Trinajstić information content (AvgIpc) is 2.65. The Bertz CT molecular complexity index is 554. The van der Waals surface area contributed by atoms with Gasteiger partial charge in [-0.25, -0.2) is 4.79 Å². The Kier molecular flexibility index (Phi) is 11.3. The van der Waals surface area contributed by atoms with Gasteiger partial charge >= 0.3 is 5.97 Å². The van der Waals surface area contributed by atoms with Crippen LogP contribution in [0.5, 0.6) is 0 Å². The molecule has 0 aliphatic heterocycles. The zero-order chi connectivity index (χ0) is 22.0. The summed E-state index contributed by atoms with van der Waals surface area (Å²) in [6, 6.07) is -3.41. The molecule has 3 amide bonds. The van der Waals surface area contributed by atoms with Gasteiger partial charge in [-0.2, -0.15) is 0 Å². The smallest absolute Gasteiger partial charge is 0.328 e. The lowest BCUT2D eigenvalue weighted by Gasteiger charge is -2.29. The molecular formula is C18H34N4O6. The molecule has 10 nitrogen and oxygen atoms in total. The van der Waals surface area contributed by atoms with Crippen molar-refractivity contribution in [2.45, 2.75) is 71.7 Å². The third kappa shape index (κ3) is 7.81. The summed E-state index contributed by atoms with van der Waals surface area (Å²) in [5, 5.41) is 26.1. The Morgan fingerprint density at radius 3 is 1.54 bits per heavy atom. The molecule has 0 aliphatic rings. The minimum absolute atomic E-state index is 0.208. The first-order valence-electron chi connectivity index (χ1n) is 9.50. The standard InChI is InChI=1S/C18H34N4O6/c1-6-9(3)13(20-12(24)8-19)16(25)21-14(10(4)7-2)17(26)22-15(11(5)23)18(27)28/h9-11,13-15,23H,6-8,19H2,1-5H3,(H,20,24)(H,21,25)(H,22,26)(H,27,28). The molecule has 0 aromatic carbocycles. The van der Waals surface area contributed by atoms with Crippen molar-refractivity contribution in [3.63, 3.8) is 0 Å². The van der Waals surface area contributed by atoms with Gasteiger partial charge in [0.05, 0.1) is 12.6 Å². The number of nitrogens with two attached hydrogens (primary N) is 1. The molecule has 0 aromatic heterocycles. The number of carbonyl (C=O) groups excluding carboxylic acids is 3. The molecule has 0 rings (SSSR count). The van der Waals surface area contributed by atoms with E-state index in [1.165, 1.54) is 6.92 Å². The summed E-state index contributed by atoms with van der Waals surface area (Å²) in [6.45, 7) is 8.18. The van der Waals surface area contributed by atoms with Crippen LogP contribution in [0.2, 0.25) is 0 Å². The second-order valence-electron chi connectivity index (χ2n) is 7.07. The van der Waals surface area contributed by atoms with Crippen LogP contribution < -0.4 is 21.7 Å². The molecule has 0 saturated heterocycles. The number of aliphatic carboxylic acids is 1. The van der Waals surface area contributed by atoms with E-state index < -0.39 is 47.9 Å². The van der Waals surface area contributed by atoms with E-state index in [4.69, 9.17) is 10.8 Å². The number of carboxylic acid groups (broad SMARTS) is 1. The summed E-state index contributed by atoms with van der Waals surface area (Å²) < 4.78 is 0. The van der Waals surface area contributed by atoms with Crippen molar-refractivity contribution in [3.8, 4) is 0 Å². The quantitative estimate of drug-likeness (QED) is 0.242. The van der Waals surface area contributed by atoms with E-state index in [0.29, 0.717) is 12.8 Å². The normalized spacial score (nSPS) is 17.4. The summed E-state index contributed by atoms with van der Waals surface area (Å²) in [5.74, 6) is -3.67. The van der Waals surface area contributed by atoms with Crippen molar-refractivity contribution in [3.05, 3.63) is 0 Å². The first kappa shape index (κ1) is 25.8. The molecule has 10 heteroatoms. The second kappa shape index (κ2) is 12.3. The lowest BCUT2D eigenvalue weighted by atomic mass is 9.94. The highest BCUT2D eigenvalue weighted by atomic mass is 16.4. The van der Waals surface area contributed by atoms with Crippen molar-refractivity contribution in [2.75, 3.05) is 6.54 Å². The Labute approximate surface area is 165 Å². The first-order valence-corrected chi connectivity index (χ1v) is 9.50. The monoisotopic (exact) mass is 402 g/mol. The molecule has 0 bridgehead atoms. The zero-order valence-electron chi connectivity index (χ0n) is 17.2. The molecule has 162 valence electrons. The summed E-state index contributed by atoms with van der Waals surface area (Å²) in [4.78, 5) is 48.3. The Hall–Kier alpha value is -2.20. The number of nitrogens with one attached hydrogen (secondary N) is 3. The van der Waals surface area contributed by atoms with Crippen LogP contribution in [-0.4, -0.2) is 64.7 Å². The van der Waals surface area contributed by atoms with Crippen LogP contribution in [-0.2, 0) is 19.2 Å². The van der Waals surface area contributed by atoms with Gasteiger partial charge in [0.25, 0.3) is 0 Å². The minimum Gasteiger partial charge on any atom is -0.480 e. The maximum absolute atomic E-state index is 12.8. The number of hydrogen-bond donors (Lipinski definition) is 6. The number of aliphatic hydroxyl groups is 1. The largest absolute Gasteiger partial charge is 0.480 e. The Morgan fingerprint density at radius 1 is 0.821 bits per heavy atom. The number of amides is 3. The summed E-state index contributed by atoms with van der Waals surface area (Å²) in [7, 11) is 0. The third-order valence-electron chi connectivity index (χ3n) is 4.84. The molecule has 7 N–H and O–H groups in total. The van der Waals surface area contributed by atoms with Crippen LogP contribution in [0.25, 0.3) is 0 Å². The van der Waals surface area contributed by atoms with Crippen molar-refractivity contribution in [1.82, 2.24) is 16.0 Å². The van der Waals surface area contributed by atoms with Crippen LogP contribution in [0.3, 0.4) is 0 Å². The minimum atomic E-state index is -1.50. The number of carbonyl (C=O) groups is 4. The average molecular weight is 402 g/mol. The van der Waals surface area contributed by atoms with E-state index in [-0.39, 0.29) is 18.4 Å². The van der Waals surface area contributed by atoms with Crippen LogP contribution in [0.15, 0.2) is 0 Å². The van der Waals surface area contributed by atoms with Gasteiger partial charge in [0.1, 0.15) is 12.1 Å². The van der Waals surface area contributed by atoms with Gasteiger partial charge in [0.15, 0.2) is 6.04 Å². The van der Waals surface area contributed by atoms with Crippen LogP contribution in [0, 0.1) is 11.8 Å². The summed E-state index contributed by atoms with van der Waals surface area (Å²) in [6.07, 6.45) is -0.174. The number of carboxylic acids is 1. The molecule has 0 heterocycles. The summed E-state index contributed by atoms with van der Waals surface area (Å²) in [5.41, 5.74) is 5.31. The van der Waals surface area contributed by atoms with Crippen molar-refractivity contribution >= 4 is 23.7 Å². The zero-order valence-corrected chi connectivity index (χ0v) is 17.2. The molecular weight excluding hydrogens is 368 g/mol. The van der Waals surface area contributed by atoms with Crippen molar-refractivity contribution < 1.29 is 29.4 Å². The lowest BCUT2D eigenvalue weighted by Crippen LogP contribution is -2.60. The van der Waals surface area contributed by atoms with Crippen molar-refractivity contribution in [1.29, 1.82) is 0 Å². The van der Waals surface area contributed by atoms with Crippen LogP contribution >= 0.6 is 0 Å². The molecule has 0 radical (unpaired) electrons. The molecule has 0 spiro atoms. The van der Waals surface area contributed by atoms with Gasteiger partial charge in [-0.05, 0) is 18.8 Å². The first-order chi connectivity index (χ1) is 13.0. The molecule has 0 aliphatic carbocycles. The van der Waals surface area contributed by atoms with Gasteiger partial charge in [0.2, 0.25) is 17.7 Å². The van der Waals surface area contributed by atoms with E-state index in [2.05, 4.69) is 16.0 Å². The number of rotatable bonds is 12. The van der Waals surface area contributed by atoms with Gasteiger partial charge in [-0.15, -0.1) is 0 Å². The molecule has 0 aromatic rings. The Balaban J connectivity index is 5.49. The predicted octanol–water partition coefficient (Wildman–Crippen LogP) is -1.04. The SMILES string of the molecule is CCC(C)C(NC(=O)CN)C(=O)NC(C(=O)NC(C(=O)O)C(C)O)C(C)CC. The maximum Gasteiger partial charge on any atom is 0.328 e. The maximum atomic E-state index is 12.8. The van der Waals surface area contributed by atoms with E-state index in [1.807, 2.05) is 13.8 Å². The van der Waals surface area contributed by atoms with Crippen LogP contribution in [0.1, 0.15) is 47.5 Å². The van der Waals surface area contributed by atoms with Crippen molar-refractivity contribution in [2.24, 2.45) is 17.6 Å².